The number of nitrogens with zero attached hydrogens (tertiary/aromatic N) is 1. The molecule has 1 atom stereocenters. The second kappa shape index (κ2) is 30.8. The van der Waals surface area contributed by atoms with Crippen molar-refractivity contribution < 1.29 is 0 Å². The number of benzene rings is 1. The minimum Gasteiger partial charge on any atom is -0.397 e. The van der Waals surface area contributed by atoms with E-state index in [2.05, 4.69) is 82.3 Å². The van der Waals surface area contributed by atoms with Gasteiger partial charge >= 0.3 is 0 Å². The molecule has 0 amide bonds. The van der Waals surface area contributed by atoms with Gasteiger partial charge in [-0.25, -0.2) is 5.84 Å². The van der Waals surface area contributed by atoms with E-state index in [9.17, 15) is 0 Å². The number of unbranched alkanes of at least 4 members (excludes halogenated alkanes) is 18. The van der Waals surface area contributed by atoms with Gasteiger partial charge in [-0.15, -0.1) is 6.58 Å². The topological polar surface area (TPSA) is 79.3 Å². The molecule has 0 spiro atoms. The summed E-state index contributed by atoms with van der Waals surface area (Å²) in [6, 6.07) is 8.51. The van der Waals surface area contributed by atoms with Crippen molar-refractivity contribution in [2.45, 2.75) is 194 Å². The molecule has 0 radical (unpaired) electrons. The Bertz CT molecular complexity index is 1070. The molecule has 0 aliphatic heterocycles. The van der Waals surface area contributed by atoms with E-state index >= 15 is 0 Å². The van der Waals surface area contributed by atoms with Crippen molar-refractivity contribution in [1.82, 2.24) is 15.6 Å². The van der Waals surface area contributed by atoms with Gasteiger partial charge in [0.25, 0.3) is 0 Å². The number of aryl methyl sites for hydroxylation is 1. The molecule has 0 saturated heterocycles. The van der Waals surface area contributed by atoms with Gasteiger partial charge in [-0.05, 0) is 67.9 Å². The van der Waals surface area contributed by atoms with Gasteiger partial charge < -0.3 is 21.4 Å². The predicted octanol–water partition coefficient (Wildman–Crippen LogP) is 12.9. The largest absolute Gasteiger partial charge is 0.397 e. The summed E-state index contributed by atoms with van der Waals surface area (Å²) in [5.74, 6) is 6.36. The molecule has 1 rings (SSSR count). The lowest BCUT2D eigenvalue weighted by Crippen LogP contribution is -2.36. The zero-order valence-electron chi connectivity index (χ0n) is 34.9. The molecule has 1 aromatic rings. The molecule has 0 aliphatic carbocycles. The SMILES string of the molecule is C=CC(CCCCNC(=C)CCCCCCCCCCCCCCCCCCCCNC(=C)CC(C)(C)C)N(N)/C=C(\N)c1ccc(CCC)cc1. The summed E-state index contributed by atoms with van der Waals surface area (Å²) >= 11 is 0. The fourth-order valence-electron chi connectivity index (χ4n) is 6.96. The monoisotopic (exact) mass is 720 g/mol. The van der Waals surface area contributed by atoms with Crippen LogP contribution < -0.4 is 22.2 Å². The average molecular weight is 720 g/mol. The molecule has 52 heavy (non-hydrogen) atoms. The van der Waals surface area contributed by atoms with E-state index in [4.69, 9.17) is 11.6 Å². The van der Waals surface area contributed by atoms with E-state index in [-0.39, 0.29) is 6.04 Å². The van der Waals surface area contributed by atoms with Gasteiger partial charge in [-0.3, -0.25) is 0 Å². The van der Waals surface area contributed by atoms with Crippen LogP contribution in [0.2, 0.25) is 0 Å². The van der Waals surface area contributed by atoms with Crippen LogP contribution in [0.4, 0.5) is 0 Å². The first-order valence-electron chi connectivity index (χ1n) is 21.6. The number of allylic oxidation sites excluding steroid dienone is 2. The maximum Gasteiger partial charge on any atom is 0.0624 e. The van der Waals surface area contributed by atoms with Crippen LogP contribution >= 0.6 is 0 Å². The number of nitrogens with two attached hydrogens (primary N) is 2. The Labute approximate surface area is 323 Å². The highest BCUT2D eigenvalue weighted by atomic mass is 15.4. The summed E-state index contributed by atoms with van der Waals surface area (Å²) in [4.78, 5) is 0. The first kappa shape index (κ1) is 47.4. The fourth-order valence-corrected chi connectivity index (χ4v) is 6.96. The van der Waals surface area contributed by atoms with Gasteiger partial charge in [0.15, 0.2) is 0 Å². The van der Waals surface area contributed by atoms with E-state index in [1.807, 2.05) is 12.3 Å². The molecule has 5 heteroatoms. The lowest BCUT2D eigenvalue weighted by atomic mass is 9.91. The molecular formula is C47H85N5. The van der Waals surface area contributed by atoms with Gasteiger partial charge in [0.1, 0.15) is 0 Å². The van der Waals surface area contributed by atoms with Crippen molar-refractivity contribution in [3.8, 4) is 0 Å². The Kier molecular flexibility index (Phi) is 28.0. The lowest BCUT2D eigenvalue weighted by Gasteiger charge is -2.24. The smallest absolute Gasteiger partial charge is 0.0624 e. The predicted molar refractivity (Wildman–Crippen MR) is 233 cm³/mol. The zero-order chi connectivity index (χ0) is 38.3. The third kappa shape index (κ3) is 27.0. The number of hydrogen-bond acceptors (Lipinski definition) is 5. The van der Waals surface area contributed by atoms with Crippen molar-refractivity contribution >= 4 is 5.70 Å². The van der Waals surface area contributed by atoms with Crippen LogP contribution in [0.5, 0.6) is 0 Å². The minimum absolute atomic E-state index is 0.0605. The highest BCUT2D eigenvalue weighted by molar-refractivity contribution is 5.62. The highest BCUT2D eigenvalue weighted by Crippen LogP contribution is 2.22. The molecule has 0 aromatic heterocycles. The van der Waals surface area contributed by atoms with Crippen LogP contribution in [0.25, 0.3) is 5.70 Å². The van der Waals surface area contributed by atoms with Crippen molar-refractivity contribution in [3.05, 3.63) is 78.8 Å². The molecule has 0 heterocycles. The summed E-state index contributed by atoms with van der Waals surface area (Å²) in [5, 5.41) is 8.75. The Morgan fingerprint density at radius 1 is 0.692 bits per heavy atom. The maximum atomic E-state index is 6.36. The van der Waals surface area contributed by atoms with Crippen LogP contribution in [0.3, 0.4) is 0 Å². The zero-order valence-corrected chi connectivity index (χ0v) is 34.9. The molecule has 6 N–H and O–H groups in total. The molecule has 1 aromatic carbocycles. The van der Waals surface area contributed by atoms with Gasteiger partial charge in [0.05, 0.1) is 11.7 Å². The van der Waals surface area contributed by atoms with E-state index in [0.29, 0.717) is 11.1 Å². The molecule has 0 bridgehead atoms. The molecule has 298 valence electrons. The number of rotatable bonds is 35. The molecule has 5 nitrogen and oxygen atoms in total. The Morgan fingerprint density at radius 2 is 1.13 bits per heavy atom. The summed E-state index contributed by atoms with van der Waals surface area (Å²) in [5.41, 5.74) is 12.1. The van der Waals surface area contributed by atoms with Crippen molar-refractivity contribution in [1.29, 1.82) is 0 Å². The van der Waals surface area contributed by atoms with Crippen molar-refractivity contribution in [2.75, 3.05) is 13.1 Å². The molecule has 0 saturated carbocycles. The van der Waals surface area contributed by atoms with Crippen molar-refractivity contribution in [2.24, 2.45) is 17.0 Å². The minimum atomic E-state index is 0.0605. The van der Waals surface area contributed by atoms with Crippen LogP contribution in [0.15, 0.2) is 67.7 Å². The third-order valence-corrected chi connectivity index (χ3v) is 10.1. The van der Waals surface area contributed by atoms with Crippen LogP contribution in [-0.2, 0) is 6.42 Å². The third-order valence-electron chi connectivity index (χ3n) is 10.1. The second-order valence-electron chi connectivity index (χ2n) is 16.7. The van der Waals surface area contributed by atoms with Crippen LogP contribution in [-0.4, -0.2) is 24.1 Å². The summed E-state index contributed by atoms with van der Waals surface area (Å²) in [7, 11) is 0. The molecular weight excluding hydrogens is 635 g/mol. The van der Waals surface area contributed by atoms with E-state index in [1.165, 1.54) is 133 Å². The molecule has 0 fully saturated rings. The average Bonchev–Trinajstić information content (AvgIpc) is 3.10. The van der Waals surface area contributed by atoms with E-state index in [0.717, 1.165) is 63.6 Å². The highest BCUT2D eigenvalue weighted by Gasteiger charge is 2.12. The van der Waals surface area contributed by atoms with Gasteiger partial charge in [0.2, 0.25) is 0 Å². The van der Waals surface area contributed by atoms with Gasteiger partial charge in [-0.2, -0.15) is 0 Å². The second-order valence-corrected chi connectivity index (χ2v) is 16.7. The lowest BCUT2D eigenvalue weighted by molar-refractivity contribution is 0.311. The maximum absolute atomic E-state index is 6.36. The fraction of sp³-hybridized carbons (Fsp3) is 0.702. The van der Waals surface area contributed by atoms with Crippen LogP contribution in [0.1, 0.15) is 193 Å². The molecule has 0 aliphatic rings. The van der Waals surface area contributed by atoms with E-state index in [1.54, 1.807) is 5.01 Å². The summed E-state index contributed by atoms with van der Waals surface area (Å²) < 4.78 is 0. The first-order chi connectivity index (χ1) is 25.1. The Morgan fingerprint density at radius 3 is 1.60 bits per heavy atom. The summed E-state index contributed by atoms with van der Waals surface area (Å²) in [6.07, 6.45) is 36.2. The summed E-state index contributed by atoms with van der Waals surface area (Å²) in [6.45, 7) is 23.5. The Balaban J connectivity index is 1.89. The normalized spacial score (nSPS) is 12.4. The van der Waals surface area contributed by atoms with Crippen LogP contribution in [0, 0.1) is 5.41 Å². The standard InChI is InChI=1S/C47H85N5/c1-8-30-43-33-35-44(36-34-43)46(48)40-52(49)45(9-2)32-27-29-38-50-41(3)31-26-24-22-20-18-16-14-12-10-11-13-15-17-19-21-23-25-28-37-51-42(4)39-47(5,6)7/h9,33-36,40,45,50-51H,2-4,8,10-32,37-39,48-49H2,1,5-7H3/b46-40-. The number of hydrazine groups is 1. The first-order valence-corrected chi connectivity index (χ1v) is 21.6. The van der Waals surface area contributed by atoms with Gasteiger partial charge in [-0.1, -0.05) is 180 Å². The van der Waals surface area contributed by atoms with Crippen molar-refractivity contribution in [3.63, 3.8) is 0 Å². The number of hydrogen-bond donors (Lipinski definition) is 4. The van der Waals surface area contributed by atoms with Gasteiger partial charge in [0, 0.05) is 30.7 Å². The van der Waals surface area contributed by atoms with E-state index < -0.39 is 0 Å². The Hall–Kier alpha value is -2.66. The molecule has 1 unspecified atom stereocenters. The quantitative estimate of drug-likeness (QED) is 0.0243. The number of nitrogens with one attached hydrogen (secondary N) is 2.